The first-order valence-corrected chi connectivity index (χ1v) is 7.90. The second kappa shape index (κ2) is 9.32. The highest BCUT2D eigenvalue weighted by atomic mass is 16.5. The van der Waals surface area contributed by atoms with Gasteiger partial charge in [-0.2, -0.15) is 0 Å². The summed E-state index contributed by atoms with van der Waals surface area (Å²) in [5, 5.41) is 11.5. The van der Waals surface area contributed by atoms with Crippen LogP contribution in [0.25, 0.3) is 0 Å². The number of hydrogen-bond donors (Lipinski definition) is 2. The third-order valence-corrected chi connectivity index (χ3v) is 3.53. The molecule has 0 spiro atoms. The van der Waals surface area contributed by atoms with E-state index in [9.17, 15) is 9.59 Å². The van der Waals surface area contributed by atoms with Crippen molar-refractivity contribution in [2.75, 3.05) is 13.7 Å². The quantitative estimate of drug-likeness (QED) is 0.730. The van der Waals surface area contributed by atoms with Crippen LogP contribution in [0, 0.1) is 0 Å². The Morgan fingerprint density at radius 1 is 1.04 bits per heavy atom. The molecule has 6 heteroatoms. The zero-order valence-electron chi connectivity index (χ0n) is 14.0. The molecule has 0 bridgehead atoms. The van der Waals surface area contributed by atoms with Gasteiger partial charge in [0.2, 0.25) is 5.91 Å². The van der Waals surface area contributed by atoms with Gasteiger partial charge >= 0.3 is 5.97 Å². The summed E-state index contributed by atoms with van der Waals surface area (Å²) in [6, 6.07) is 14.6. The summed E-state index contributed by atoms with van der Waals surface area (Å²) in [6.45, 7) is -0.0302. The molecule has 2 aromatic carbocycles. The number of benzene rings is 2. The number of carbonyl (C=O) groups excluding carboxylic acids is 1. The van der Waals surface area contributed by atoms with E-state index >= 15 is 0 Å². The first-order chi connectivity index (χ1) is 12.1. The van der Waals surface area contributed by atoms with Crippen molar-refractivity contribution in [3.63, 3.8) is 0 Å². The van der Waals surface area contributed by atoms with Gasteiger partial charge in [0.25, 0.3) is 0 Å². The first-order valence-electron chi connectivity index (χ1n) is 7.90. The second-order valence-corrected chi connectivity index (χ2v) is 5.46. The summed E-state index contributed by atoms with van der Waals surface area (Å²) in [6.07, 6.45) is 1.01. The molecule has 1 amide bonds. The number of hydrogen-bond acceptors (Lipinski definition) is 4. The number of aryl methyl sites for hydroxylation is 1. The van der Waals surface area contributed by atoms with E-state index in [0.29, 0.717) is 25.1 Å². The maximum Gasteiger partial charge on any atom is 0.341 e. The molecule has 0 aliphatic rings. The van der Waals surface area contributed by atoms with Crippen LogP contribution in [0.2, 0.25) is 0 Å². The topological polar surface area (TPSA) is 84.9 Å². The van der Waals surface area contributed by atoms with E-state index in [1.807, 2.05) is 30.3 Å². The number of amides is 1. The number of ether oxygens (including phenoxy) is 2. The fourth-order valence-electron chi connectivity index (χ4n) is 2.27. The molecule has 2 rings (SSSR count). The number of carboxylic acids is 1. The normalized spacial score (nSPS) is 10.1. The lowest BCUT2D eigenvalue weighted by Crippen LogP contribution is -2.23. The Kier molecular flexibility index (Phi) is 6.83. The lowest BCUT2D eigenvalue weighted by molar-refractivity contribution is -0.139. The molecular weight excluding hydrogens is 322 g/mol. The van der Waals surface area contributed by atoms with Crippen molar-refractivity contribution < 1.29 is 24.2 Å². The average Bonchev–Trinajstić information content (AvgIpc) is 2.63. The largest absolute Gasteiger partial charge is 0.497 e. The minimum absolute atomic E-state index is 0.0559. The summed E-state index contributed by atoms with van der Waals surface area (Å²) >= 11 is 0. The summed E-state index contributed by atoms with van der Waals surface area (Å²) in [7, 11) is 1.61. The minimum Gasteiger partial charge on any atom is -0.497 e. The highest BCUT2D eigenvalue weighted by molar-refractivity contribution is 5.76. The van der Waals surface area contributed by atoms with Crippen LogP contribution in [0.3, 0.4) is 0 Å². The zero-order valence-corrected chi connectivity index (χ0v) is 14.0. The highest BCUT2D eigenvalue weighted by Gasteiger charge is 2.05. The van der Waals surface area contributed by atoms with E-state index in [2.05, 4.69) is 5.32 Å². The minimum atomic E-state index is -1.03. The van der Waals surface area contributed by atoms with Gasteiger partial charge in [-0.25, -0.2) is 4.79 Å². The fraction of sp³-hybridized carbons (Fsp3) is 0.263. The lowest BCUT2D eigenvalue weighted by atomic mass is 10.1. The number of aliphatic carboxylic acids is 1. The van der Waals surface area contributed by atoms with Crippen LogP contribution in [0.4, 0.5) is 0 Å². The predicted octanol–water partition coefficient (Wildman–Crippen LogP) is 2.41. The number of rotatable bonds is 9. The van der Waals surface area contributed by atoms with Gasteiger partial charge in [0.1, 0.15) is 11.5 Å². The van der Waals surface area contributed by atoms with Crippen LogP contribution in [-0.4, -0.2) is 30.7 Å². The average molecular weight is 343 g/mol. The monoisotopic (exact) mass is 343 g/mol. The van der Waals surface area contributed by atoms with Crippen molar-refractivity contribution in [2.24, 2.45) is 0 Å². The van der Waals surface area contributed by atoms with Gasteiger partial charge in [-0.1, -0.05) is 24.3 Å². The molecule has 0 saturated carbocycles. The van der Waals surface area contributed by atoms with E-state index in [1.54, 1.807) is 25.3 Å². The van der Waals surface area contributed by atoms with Crippen molar-refractivity contribution >= 4 is 11.9 Å². The van der Waals surface area contributed by atoms with Gasteiger partial charge in [-0.3, -0.25) is 4.79 Å². The number of methoxy groups -OCH3 is 1. The summed E-state index contributed by atoms with van der Waals surface area (Å²) < 4.78 is 10.3. The van der Waals surface area contributed by atoms with E-state index in [4.69, 9.17) is 14.6 Å². The molecule has 0 saturated heterocycles. The molecular formula is C19H21NO5. The van der Waals surface area contributed by atoms with Crippen molar-refractivity contribution in [1.82, 2.24) is 5.32 Å². The van der Waals surface area contributed by atoms with Gasteiger partial charge in [-0.05, 0) is 41.8 Å². The van der Waals surface area contributed by atoms with Gasteiger partial charge in [0, 0.05) is 13.0 Å². The summed E-state index contributed by atoms with van der Waals surface area (Å²) in [5.74, 6) is 0.150. The van der Waals surface area contributed by atoms with Gasteiger partial charge in [-0.15, -0.1) is 0 Å². The highest BCUT2D eigenvalue weighted by Crippen LogP contribution is 2.15. The molecule has 0 fully saturated rings. The van der Waals surface area contributed by atoms with Crippen LogP contribution < -0.4 is 14.8 Å². The van der Waals surface area contributed by atoms with Gasteiger partial charge in [0.15, 0.2) is 6.61 Å². The Labute approximate surface area is 146 Å². The summed E-state index contributed by atoms with van der Waals surface area (Å²) in [4.78, 5) is 22.5. The smallest absolute Gasteiger partial charge is 0.341 e. The SMILES string of the molecule is COc1cccc(CCC(=O)NCc2cccc(OCC(=O)O)c2)c1. The lowest BCUT2D eigenvalue weighted by Gasteiger charge is -2.08. The van der Waals surface area contributed by atoms with Gasteiger partial charge < -0.3 is 19.9 Å². The molecule has 25 heavy (non-hydrogen) atoms. The molecule has 2 N–H and O–H groups in total. The van der Waals surface area contributed by atoms with E-state index < -0.39 is 12.6 Å². The third kappa shape index (κ3) is 6.55. The Balaban J connectivity index is 1.79. The second-order valence-electron chi connectivity index (χ2n) is 5.46. The molecule has 6 nitrogen and oxygen atoms in total. The Bertz CT molecular complexity index is 729. The van der Waals surface area contributed by atoms with E-state index in [1.165, 1.54) is 0 Å². The Morgan fingerprint density at radius 2 is 1.72 bits per heavy atom. The summed E-state index contributed by atoms with van der Waals surface area (Å²) in [5.41, 5.74) is 1.89. The Hall–Kier alpha value is -3.02. The predicted molar refractivity (Wildman–Crippen MR) is 92.7 cm³/mol. The molecule has 2 aromatic rings. The third-order valence-electron chi connectivity index (χ3n) is 3.53. The molecule has 0 atom stereocenters. The fourth-order valence-corrected chi connectivity index (χ4v) is 2.27. The van der Waals surface area contributed by atoms with Crippen molar-refractivity contribution in [1.29, 1.82) is 0 Å². The van der Waals surface area contributed by atoms with Crippen molar-refractivity contribution in [3.8, 4) is 11.5 Å². The van der Waals surface area contributed by atoms with Crippen LogP contribution in [-0.2, 0) is 22.6 Å². The standard InChI is InChI=1S/C19H21NO5/c1-24-16-6-2-4-14(10-16)8-9-18(21)20-12-15-5-3-7-17(11-15)25-13-19(22)23/h2-7,10-11H,8-9,12-13H2,1H3,(H,20,21)(H,22,23). The van der Waals surface area contributed by atoms with E-state index in [-0.39, 0.29) is 5.91 Å². The number of carbonyl (C=O) groups is 2. The molecule has 0 aromatic heterocycles. The zero-order chi connectivity index (χ0) is 18.1. The van der Waals surface area contributed by atoms with Gasteiger partial charge in [0.05, 0.1) is 7.11 Å². The molecule has 0 unspecified atom stereocenters. The van der Waals surface area contributed by atoms with Crippen LogP contribution in [0.1, 0.15) is 17.5 Å². The van der Waals surface area contributed by atoms with Crippen molar-refractivity contribution in [3.05, 3.63) is 59.7 Å². The number of carboxylic acid groups (broad SMARTS) is 1. The maximum atomic E-state index is 12.0. The molecule has 0 aliphatic heterocycles. The number of nitrogens with one attached hydrogen (secondary N) is 1. The van der Waals surface area contributed by atoms with E-state index in [0.717, 1.165) is 16.9 Å². The Morgan fingerprint density at radius 3 is 2.44 bits per heavy atom. The van der Waals surface area contributed by atoms with Crippen LogP contribution >= 0.6 is 0 Å². The van der Waals surface area contributed by atoms with Crippen LogP contribution in [0.15, 0.2) is 48.5 Å². The van der Waals surface area contributed by atoms with Crippen LogP contribution in [0.5, 0.6) is 11.5 Å². The molecule has 0 heterocycles. The molecule has 0 radical (unpaired) electrons. The van der Waals surface area contributed by atoms with Crippen molar-refractivity contribution in [2.45, 2.75) is 19.4 Å². The molecule has 0 aliphatic carbocycles. The maximum absolute atomic E-state index is 12.0. The molecule has 132 valence electrons. The first kappa shape index (κ1) is 18.3.